The number of rotatable bonds is 7. The van der Waals surface area contributed by atoms with E-state index in [0.717, 1.165) is 11.1 Å². The summed E-state index contributed by atoms with van der Waals surface area (Å²) < 4.78 is 11.3. The molecule has 0 aromatic heterocycles. The number of nitrogens with zero attached hydrogens (tertiary/aromatic N) is 2. The molecule has 3 aromatic carbocycles. The molecule has 0 radical (unpaired) electrons. The van der Waals surface area contributed by atoms with Gasteiger partial charge in [0, 0.05) is 38.2 Å². The first-order chi connectivity index (χ1) is 32.2. The first-order valence-electron chi connectivity index (χ1n) is 22.8. The Hall–Kier alpha value is -7.04. The highest BCUT2D eigenvalue weighted by atomic mass is 16.5. The number of benzene rings is 3. The quantitative estimate of drug-likeness (QED) is 0.172. The molecule has 67 heavy (non-hydrogen) atoms. The second kappa shape index (κ2) is 25.6. The Morgan fingerprint density at radius 3 is 2.19 bits per heavy atom. The van der Waals surface area contributed by atoms with Crippen LogP contribution in [0, 0.1) is 5.92 Å². The van der Waals surface area contributed by atoms with Crippen molar-refractivity contribution in [2.75, 3.05) is 46.9 Å². The van der Waals surface area contributed by atoms with Crippen LogP contribution >= 0.6 is 0 Å². The van der Waals surface area contributed by atoms with E-state index in [0.29, 0.717) is 37.9 Å². The fraction of sp³-hybridized carbons (Fsp3) is 0.440. The van der Waals surface area contributed by atoms with Crippen LogP contribution in [-0.4, -0.2) is 128 Å². The molecule has 17 heteroatoms. The molecule has 1 saturated heterocycles. The molecule has 1 fully saturated rings. The topological polar surface area (TPSA) is 222 Å². The van der Waals surface area contributed by atoms with Gasteiger partial charge in [-0.05, 0) is 80.2 Å². The maximum absolute atomic E-state index is 14.1. The Labute approximate surface area is 391 Å². The van der Waals surface area contributed by atoms with E-state index in [1.54, 1.807) is 26.0 Å². The average Bonchev–Trinajstić information content (AvgIpc) is 3.32. The summed E-state index contributed by atoms with van der Waals surface area (Å²) in [6.07, 6.45) is 6.06. The Morgan fingerprint density at radius 2 is 1.49 bits per heavy atom. The summed E-state index contributed by atoms with van der Waals surface area (Å²) in [7, 11) is 2.95. The van der Waals surface area contributed by atoms with E-state index >= 15 is 0 Å². The van der Waals surface area contributed by atoms with Crippen LogP contribution in [0.5, 0.6) is 11.5 Å². The van der Waals surface area contributed by atoms with Crippen molar-refractivity contribution in [1.82, 2.24) is 36.4 Å². The Kier molecular flexibility index (Phi) is 19.5. The minimum atomic E-state index is -1.14. The van der Waals surface area contributed by atoms with Crippen LogP contribution in [0.15, 0.2) is 91.0 Å². The monoisotopic (exact) mass is 921 g/mol. The number of ketones is 1. The largest absolute Gasteiger partial charge is 0.493 e. The van der Waals surface area contributed by atoms with Crippen molar-refractivity contribution in [3.63, 3.8) is 0 Å². The number of carbonyl (C=O) groups is 8. The van der Waals surface area contributed by atoms with E-state index in [1.165, 1.54) is 42.2 Å². The van der Waals surface area contributed by atoms with Gasteiger partial charge in [-0.25, -0.2) is 0 Å². The van der Waals surface area contributed by atoms with Crippen LogP contribution in [0.2, 0.25) is 0 Å². The van der Waals surface area contributed by atoms with Gasteiger partial charge in [-0.2, -0.15) is 0 Å². The van der Waals surface area contributed by atoms with Crippen LogP contribution in [0.4, 0.5) is 0 Å². The van der Waals surface area contributed by atoms with Crippen LogP contribution in [0.25, 0.3) is 0 Å². The number of piperidine rings is 1. The number of amides is 7. The summed E-state index contributed by atoms with van der Waals surface area (Å²) in [5.74, 6) is -4.87. The number of Topliss-reactive ketones (excluding diaryl/α,β-unsaturated/α-hetero) is 1. The number of nitrogens with one attached hydrogen (secondary N) is 5. The molecule has 2 aliphatic heterocycles. The van der Waals surface area contributed by atoms with Gasteiger partial charge < -0.3 is 45.9 Å². The number of hydrogen-bond donors (Lipinski definition) is 5. The minimum absolute atomic E-state index is 0.0262. The molecule has 2 bridgehead atoms. The number of hydrogen-bond acceptors (Lipinski definition) is 10. The van der Waals surface area contributed by atoms with Gasteiger partial charge in [0.25, 0.3) is 11.7 Å². The lowest BCUT2D eigenvalue weighted by Crippen LogP contribution is -2.58. The zero-order valence-electron chi connectivity index (χ0n) is 38.7. The predicted octanol–water partition coefficient (Wildman–Crippen LogP) is 2.66. The second-order valence-corrected chi connectivity index (χ2v) is 17.1. The Balaban J connectivity index is 1.40. The second-order valence-electron chi connectivity index (χ2n) is 17.1. The fourth-order valence-electron chi connectivity index (χ4n) is 7.88. The summed E-state index contributed by atoms with van der Waals surface area (Å²) in [4.78, 5) is 112. The molecule has 2 heterocycles. The highest BCUT2D eigenvalue weighted by Gasteiger charge is 2.37. The molecule has 5 rings (SSSR count). The minimum Gasteiger partial charge on any atom is -0.493 e. The molecule has 2 unspecified atom stereocenters. The first-order valence-corrected chi connectivity index (χ1v) is 22.8. The number of methoxy groups -OCH3 is 1. The van der Waals surface area contributed by atoms with Crippen molar-refractivity contribution in [3.8, 4) is 11.5 Å². The summed E-state index contributed by atoms with van der Waals surface area (Å²) in [6.45, 7) is 3.23. The number of fused-ring (bicyclic) bond motifs is 3. The fourth-order valence-corrected chi connectivity index (χ4v) is 7.88. The smallest absolute Gasteiger partial charge is 0.295 e. The normalized spacial score (nSPS) is 21.7. The van der Waals surface area contributed by atoms with Gasteiger partial charge >= 0.3 is 0 Å². The standard InChI is InChI=1S/C50H63N7O10/c1-33(2)45-49(64)53-37(28-35-18-10-6-11-19-35)30-44(60)56(3)32-43(59)51-25-13-7-15-27-67-41-29-36(22-24-40(41)66-4)46(61)50(65)57-26-14-12-20-39(57)48(63)54-38(47(62)52-31-42(58)55-45)23-21-34-16-8-5-9-17-34/h5-11,15-19,22,24,29,33,37-39,45H,12-14,20-21,23,25-28,30-32H2,1-4H3,(H,51,59)(H,52,62)(H,53,64)(H,54,63)(H,55,58)/t37?,38-,39+,45?/m1/s1. The molecule has 0 saturated carbocycles. The lowest BCUT2D eigenvalue weighted by Gasteiger charge is -2.35. The van der Waals surface area contributed by atoms with E-state index in [1.807, 2.05) is 60.7 Å². The van der Waals surface area contributed by atoms with Crippen molar-refractivity contribution >= 4 is 47.1 Å². The van der Waals surface area contributed by atoms with Crippen molar-refractivity contribution in [3.05, 3.63) is 108 Å². The highest BCUT2D eigenvalue weighted by Crippen LogP contribution is 2.29. The summed E-state index contributed by atoms with van der Waals surface area (Å²) in [5, 5.41) is 13.9. The van der Waals surface area contributed by atoms with Gasteiger partial charge in [0.15, 0.2) is 11.5 Å². The van der Waals surface area contributed by atoms with E-state index < -0.39 is 71.9 Å². The van der Waals surface area contributed by atoms with E-state index in [2.05, 4.69) is 26.6 Å². The number of carbonyl (C=O) groups excluding carboxylic acids is 8. The molecule has 7 amide bonds. The van der Waals surface area contributed by atoms with Crippen molar-refractivity contribution in [2.45, 2.75) is 89.4 Å². The third kappa shape index (κ3) is 15.5. The van der Waals surface area contributed by atoms with Gasteiger partial charge in [0.05, 0.1) is 20.2 Å². The molecule has 3 aromatic rings. The molecule has 4 atom stereocenters. The molecule has 17 nitrogen and oxygen atoms in total. The van der Waals surface area contributed by atoms with Crippen molar-refractivity contribution in [2.24, 2.45) is 5.92 Å². The van der Waals surface area contributed by atoms with E-state index in [4.69, 9.17) is 9.47 Å². The molecule has 5 N–H and O–H groups in total. The van der Waals surface area contributed by atoms with Crippen LogP contribution in [0.1, 0.15) is 73.9 Å². The SMILES string of the molecule is COc1ccc2cc1OCC=CCCNC(=O)CN(C)C(=O)CC(Cc1ccccc1)NC(=O)C(C(C)C)NC(=O)CNC(=O)[C@@H](CCc1ccccc1)NC(=O)[C@@H]1CCCCN1C(=O)C2=O. The van der Waals surface area contributed by atoms with E-state index in [9.17, 15) is 38.4 Å². The van der Waals surface area contributed by atoms with Crippen LogP contribution in [0.3, 0.4) is 0 Å². The summed E-state index contributed by atoms with van der Waals surface area (Å²) >= 11 is 0. The molecular formula is C50H63N7O10. The maximum atomic E-state index is 14.1. The third-order valence-electron chi connectivity index (χ3n) is 11.6. The number of likely N-dealkylation sites (N-methyl/N-ethyl adjacent to an activating group) is 1. The van der Waals surface area contributed by atoms with Gasteiger partial charge in [-0.15, -0.1) is 0 Å². The molecule has 358 valence electrons. The number of ether oxygens (including phenoxy) is 2. The zero-order chi connectivity index (χ0) is 48.3. The third-order valence-corrected chi connectivity index (χ3v) is 11.6. The zero-order valence-corrected chi connectivity index (χ0v) is 38.7. The Bertz CT molecular complexity index is 2240. The lowest BCUT2D eigenvalue weighted by atomic mass is 9.98. The van der Waals surface area contributed by atoms with Gasteiger partial charge in [0.2, 0.25) is 35.4 Å². The van der Waals surface area contributed by atoms with E-state index in [-0.39, 0.29) is 68.6 Å². The molecule has 0 aliphatic carbocycles. The Morgan fingerprint density at radius 1 is 0.776 bits per heavy atom. The highest BCUT2D eigenvalue weighted by molar-refractivity contribution is 6.43. The van der Waals surface area contributed by atoms with Crippen LogP contribution < -0.4 is 36.1 Å². The molecule has 0 spiro atoms. The summed E-state index contributed by atoms with van der Waals surface area (Å²) in [6, 6.07) is 19.0. The van der Waals surface area contributed by atoms with Gasteiger partial charge in [0.1, 0.15) is 24.7 Å². The maximum Gasteiger partial charge on any atom is 0.295 e. The van der Waals surface area contributed by atoms with Crippen molar-refractivity contribution in [1.29, 1.82) is 0 Å². The van der Waals surface area contributed by atoms with Gasteiger partial charge in [-0.3, -0.25) is 38.4 Å². The van der Waals surface area contributed by atoms with Crippen molar-refractivity contribution < 1.29 is 47.8 Å². The first kappa shape index (κ1) is 51.0. The molecule has 2 aliphatic rings. The number of aryl methyl sites for hydroxylation is 1. The lowest BCUT2D eigenvalue weighted by molar-refractivity contribution is -0.140. The average molecular weight is 922 g/mol. The van der Waals surface area contributed by atoms with Gasteiger partial charge in [-0.1, -0.05) is 86.7 Å². The molecular weight excluding hydrogens is 859 g/mol. The summed E-state index contributed by atoms with van der Waals surface area (Å²) in [5.41, 5.74) is 1.79. The van der Waals surface area contributed by atoms with Crippen LogP contribution in [-0.2, 0) is 46.4 Å². The predicted molar refractivity (Wildman–Crippen MR) is 250 cm³/mol.